The second-order valence-electron chi connectivity index (χ2n) is 5.69. The van der Waals surface area contributed by atoms with Gasteiger partial charge in [0.2, 0.25) is 5.91 Å². The van der Waals surface area contributed by atoms with Crippen LogP contribution < -0.4 is 10.1 Å². The van der Waals surface area contributed by atoms with Crippen molar-refractivity contribution in [1.82, 2.24) is 14.9 Å². The van der Waals surface area contributed by atoms with Crippen molar-refractivity contribution in [2.24, 2.45) is 0 Å². The zero-order chi connectivity index (χ0) is 17.5. The Balaban J connectivity index is 1.54. The summed E-state index contributed by atoms with van der Waals surface area (Å²) in [5.41, 5.74) is 2.15. The van der Waals surface area contributed by atoms with Gasteiger partial charge in [-0.2, -0.15) is 0 Å². The Kier molecular flexibility index (Phi) is 5.46. The minimum absolute atomic E-state index is 0.0575. The molecule has 2 aromatic carbocycles. The van der Waals surface area contributed by atoms with Crippen molar-refractivity contribution in [3.05, 3.63) is 73.3 Å². The lowest BCUT2D eigenvalue weighted by molar-refractivity contribution is -0.123. The number of para-hydroxylation sites is 1. The number of nitrogens with one attached hydrogen (secondary N) is 1. The largest absolute Gasteiger partial charge is 0.491 e. The number of hydrogen-bond donors (Lipinski definition) is 1. The molecule has 0 radical (unpaired) electrons. The second-order valence-corrected chi connectivity index (χ2v) is 5.69. The number of benzene rings is 2. The molecule has 1 N–H and O–H groups in total. The van der Waals surface area contributed by atoms with Crippen LogP contribution in [0.1, 0.15) is 13.0 Å². The van der Waals surface area contributed by atoms with Crippen LogP contribution >= 0.6 is 0 Å². The molecule has 0 spiro atoms. The van der Waals surface area contributed by atoms with Crippen LogP contribution in [0.5, 0.6) is 5.75 Å². The molecular weight excluding hydrogens is 314 g/mol. The number of imidazole rings is 1. The van der Waals surface area contributed by atoms with Gasteiger partial charge in [-0.05, 0) is 18.6 Å². The quantitative estimate of drug-likeness (QED) is 0.674. The number of carbonyl (C=O) groups is 1. The number of aromatic nitrogens is 2. The molecule has 3 aromatic rings. The Morgan fingerprint density at radius 1 is 1.16 bits per heavy atom. The first kappa shape index (κ1) is 16.8. The predicted molar refractivity (Wildman–Crippen MR) is 97.3 cm³/mol. The lowest BCUT2D eigenvalue weighted by Gasteiger charge is -2.15. The maximum atomic E-state index is 12.1. The summed E-state index contributed by atoms with van der Waals surface area (Å²) in [7, 11) is 0. The third-order valence-electron chi connectivity index (χ3n) is 3.98. The number of carbonyl (C=O) groups excluding carboxylic acids is 1. The van der Waals surface area contributed by atoms with E-state index in [1.165, 1.54) is 0 Å². The van der Waals surface area contributed by atoms with Gasteiger partial charge in [-0.25, -0.2) is 4.98 Å². The first-order valence-electron chi connectivity index (χ1n) is 8.28. The molecule has 5 heteroatoms. The first-order valence-corrected chi connectivity index (χ1v) is 8.28. The third kappa shape index (κ3) is 4.26. The summed E-state index contributed by atoms with van der Waals surface area (Å²) < 4.78 is 7.64. The fraction of sp³-hybridized carbons (Fsp3) is 0.200. The third-order valence-corrected chi connectivity index (χ3v) is 3.98. The maximum Gasteiger partial charge on any atom is 0.242 e. The van der Waals surface area contributed by atoms with E-state index < -0.39 is 0 Å². The summed E-state index contributed by atoms with van der Waals surface area (Å²) in [6.07, 6.45) is 5.07. The van der Waals surface area contributed by atoms with Crippen molar-refractivity contribution >= 4 is 5.91 Å². The Bertz CT molecular complexity index is 801. The maximum absolute atomic E-state index is 12.1. The molecule has 0 saturated carbocycles. The zero-order valence-corrected chi connectivity index (χ0v) is 14.1. The van der Waals surface area contributed by atoms with Gasteiger partial charge in [0.25, 0.3) is 0 Å². The summed E-state index contributed by atoms with van der Waals surface area (Å²) in [5, 5.41) is 2.89. The van der Waals surface area contributed by atoms with E-state index in [-0.39, 0.29) is 11.9 Å². The Morgan fingerprint density at radius 3 is 2.68 bits per heavy atom. The number of nitrogens with zero attached hydrogens (tertiary/aromatic N) is 2. The highest BCUT2D eigenvalue weighted by Crippen LogP contribution is 2.29. The minimum Gasteiger partial charge on any atom is -0.491 e. The average molecular weight is 335 g/mol. The van der Waals surface area contributed by atoms with Gasteiger partial charge in [0.1, 0.15) is 18.4 Å². The molecule has 128 valence electrons. The first-order chi connectivity index (χ1) is 12.3. The SMILES string of the molecule is C[C@@H](C(=O)NCCOc1ccccc1-c1ccccc1)n1ccnc1. The van der Waals surface area contributed by atoms with E-state index in [0.717, 1.165) is 16.9 Å². The zero-order valence-electron chi connectivity index (χ0n) is 14.1. The van der Waals surface area contributed by atoms with Crippen molar-refractivity contribution in [3.8, 4) is 16.9 Å². The van der Waals surface area contributed by atoms with E-state index in [1.807, 2.05) is 49.4 Å². The van der Waals surface area contributed by atoms with E-state index in [1.54, 1.807) is 23.3 Å². The van der Waals surface area contributed by atoms with Crippen LogP contribution in [0.4, 0.5) is 0 Å². The van der Waals surface area contributed by atoms with Crippen LogP contribution in [0.15, 0.2) is 73.3 Å². The highest BCUT2D eigenvalue weighted by atomic mass is 16.5. The van der Waals surface area contributed by atoms with E-state index >= 15 is 0 Å². The van der Waals surface area contributed by atoms with Gasteiger partial charge in [-0.15, -0.1) is 0 Å². The summed E-state index contributed by atoms with van der Waals surface area (Å²) in [4.78, 5) is 16.1. The Hall–Kier alpha value is -3.08. The van der Waals surface area contributed by atoms with Crippen LogP contribution in [-0.4, -0.2) is 28.6 Å². The van der Waals surface area contributed by atoms with E-state index in [0.29, 0.717) is 13.2 Å². The topological polar surface area (TPSA) is 56.1 Å². The smallest absolute Gasteiger partial charge is 0.242 e. The molecular formula is C20H21N3O2. The molecule has 3 rings (SSSR count). The molecule has 0 aliphatic heterocycles. The molecule has 1 atom stereocenters. The van der Waals surface area contributed by atoms with Crippen LogP contribution in [0.2, 0.25) is 0 Å². The highest BCUT2D eigenvalue weighted by molar-refractivity contribution is 5.79. The normalized spacial score (nSPS) is 11.7. The molecule has 0 unspecified atom stereocenters. The summed E-state index contributed by atoms with van der Waals surface area (Å²) in [6, 6.07) is 17.7. The molecule has 5 nitrogen and oxygen atoms in total. The lowest BCUT2D eigenvalue weighted by Crippen LogP contribution is -2.33. The molecule has 1 heterocycles. The van der Waals surface area contributed by atoms with Gasteiger partial charge < -0.3 is 14.6 Å². The summed E-state index contributed by atoms with van der Waals surface area (Å²) in [5.74, 6) is 0.753. The van der Waals surface area contributed by atoms with Crippen LogP contribution in [0, 0.1) is 0 Å². The van der Waals surface area contributed by atoms with E-state index in [9.17, 15) is 4.79 Å². The second kappa shape index (κ2) is 8.15. The molecule has 1 amide bonds. The summed E-state index contributed by atoms with van der Waals surface area (Å²) in [6.45, 7) is 2.69. The number of amides is 1. The molecule has 0 bridgehead atoms. The van der Waals surface area contributed by atoms with E-state index in [2.05, 4.69) is 22.4 Å². The summed E-state index contributed by atoms with van der Waals surface area (Å²) >= 11 is 0. The predicted octanol–water partition coefficient (Wildman–Crippen LogP) is 3.31. The van der Waals surface area contributed by atoms with Gasteiger partial charge in [0.05, 0.1) is 12.9 Å². The van der Waals surface area contributed by atoms with Crippen molar-refractivity contribution in [1.29, 1.82) is 0 Å². The van der Waals surface area contributed by atoms with Crippen molar-refractivity contribution < 1.29 is 9.53 Å². The van der Waals surface area contributed by atoms with Crippen molar-refractivity contribution in [2.75, 3.05) is 13.2 Å². The standard InChI is InChI=1S/C20H21N3O2/c1-16(23-13-11-21-15-23)20(24)22-12-14-25-19-10-6-5-9-18(19)17-7-3-2-4-8-17/h2-11,13,15-16H,12,14H2,1H3,(H,22,24)/t16-/m0/s1. The molecule has 0 saturated heterocycles. The number of hydrogen-bond acceptors (Lipinski definition) is 3. The fourth-order valence-electron chi connectivity index (χ4n) is 2.57. The molecule has 0 aliphatic carbocycles. The van der Waals surface area contributed by atoms with Gasteiger partial charge in [0.15, 0.2) is 0 Å². The molecule has 0 aliphatic rings. The van der Waals surface area contributed by atoms with Crippen LogP contribution in [0.3, 0.4) is 0 Å². The van der Waals surface area contributed by atoms with Crippen LogP contribution in [0.25, 0.3) is 11.1 Å². The van der Waals surface area contributed by atoms with Crippen molar-refractivity contribution in [3.63, 3.8) is 0 Å². The fourth-order valence-corrected chi connectivity index (χ4v) is 2.57. The molecule has 0 fully saturated rings. The van der Waals surface area contributed by atoms with Gasteiger partial charge in [-0.3, -0.25) is 4.79 Å². The number of ether oxygens (including phenoxy) is 1. The highest BCUT2D eigenvalue weighted by Gasteiger charge is 2.13. The van der Waals surface area contributed by atoms with Crippen molar-refractivity contribution in [2.45, 2.75) is 13.0 Å². The van der Waals surface area contributed by atoms with E-state index in [4.69, 9.17) is 4.74 Å². The minimum atomic E-state index is -0.292. The van der Waals surface area contributed by atoms with Gasteiger partial charge in [0, 0.05) is 18.0 Å². The number of rotatable bonds is 7. The van der Waals surface area contributed by atoms with Gasteiger partial charge in [-0.1, -0.05) is 48.5 Å². The van der Waals surface area contributed by atoms with Gasteiger partial charge >= 0.3 is 0 Å². The Labute approximate surface area is 147 Å². The Morgan fingerprint density at radius 2 is 1.92 bits per heavy atom. The molecule has 25 heavy (non-hydrogen) atoms. The molecule has 1 aromatic heterocycles. The monoisotopic (exact) mass is 335 g/mol. The van der Waals surface area contributed by atoms with Crippen LogP contribution in [-0.2, 0) is 4.79 Å². The lowest BCUT2D eigenvalue weighted by atomic mass is 10.1. The average Bonchev–Trinajstić information content (AvgIpc) is 3.20.